The van der Waals surface area contributed by atoms with Crippen LogP contribution < -0.4 is 10.5 Å². The van der Waals surface area contributed by atoms with Gasteiger partial charge in [-0.3, -0.25) is 0 Å². The van der Waals surface area contributed by atoms with Gasteiger partial charge in [0.1, 0.15) is 11.6 Å². The molecule has 3 rings (SSSR count). The van der Waals surface area contributed by atoms with E-state index in [4.69, 9.17) is 27.5 Å². The van der Waals surface area contributed by atoms with Crippen molar-refractivity contribution >= 4 is 34.6 Å². The third-order valence-corrected chi connectivity index (χ3v) is 5.19. The van der Waals surface area contributed by atoms with E-state index in [2.05, 4.69) is 0 Å². The van der Waals surface area contributed by atoms with Gasteiger partial charge in [-0.05, 0) is 78.9 Å². The largest absolute Gasteiger partial charge is 0.491 e. The predicted octanol–water partition coefficient (Wildman–Crippen LogP) is 7.22. The third kappa shape index (κ3) is 5.15. The zero-order valence-electron chi connectivity index (χ0n) is 17.9. The molecular formula is C26H26ClFN2O. The fraction of sp³-hybridized carbons (Fsp3) is 0.192. The molecule has 0 fully saturated rings. The van der Waals surface area contributed by atoms with E-state index < -0.39 is 0 Å². The second kappa shape index (κ2) is 9.80. The fourth-order valence-electron chi connectivity index (χ4n) is 3.58. The van der Waals surface area contributed by atoms with Crippen LogP contribution in [0.1, 0.15) is 49.4 Å². The molecule has 3 aromatic carbocycles. The monoisotopic (exact) mass is 436 g/mol. The summed E-state index contributed by atoms with van der Waals surface area (Å²) < 4.78 is 20.7. The molecule has 0 spiro atoms. The van der Waals surface area contributed by atoms with Crippen LogP contribution in [0, 0.1) is 11.2 Å². The number of nitrogens with one attached hydrogen (secondary N) is 1. The van der Waals surface area contributed by atoms with Gasteiger partial charge in [-0.25, -0.2) is 4.39 Å². The van der Waals surface area contributed by atoms with Crippen LogP contribution in [0.4, 0.5) is 10.1 Å². The van der Waals surface area contributed by atoms with Gasteiger partial charge in [0.25, 0.3) is 0 Å². The van der Waals surface area contributed by atoms with Crippen molar-refractivity contribution in [1.82, 2.24) is 0 Å². The summed E-state index contributed by atoms with van der Waals surface area (Å²) in [6.07, 6.45) is 1.90. The van der Waals surface area contributed by atoms with Crippen molar-refractivity contribution in [1.29, 1.82) is 5.41 Å². The summed E-state index contributed by atoms with van der Waals surface area (Å²) in [4.78, 5) is 0. The SMILES string of the molecule is CC/C(=C(/c1ccc(OC(C)C)cc1)c1ccc(N)c(C=N)c1)c1ccc(Cl)cc1F. The molecule has 0 aliphatic heterocycles. The standard InChI is InChI=1S/C26H26ClFN2O/c1-4-22(23-11-8-20(27)14-24(23)28)26(18-7-12-25(30)19(13-18)15-29)17-5-9-21(10-6-17)31-16(2)3/h5-16,29H,4,30H2,1-3H3/b26-22+,29-15?. The quantitative estimate of drug-likeness (QED) is 0.233. The topological polar surface area (TPSA) is 59.1 Å². The van der Waals surface area contributed by atoms with E-state index in [0.29, 0.717) is 28.3 Å². The van der Waals surface area contributed by atoms with E-state index in [1.165, 1.54) is 12.3 Å². The molecule has 5 heteroatoms. The van der Waals surface area contributed by atoms with Crippen molar-refractivity contribution in [3.63, 3.8) is 0 Å². The number of ether oxygens (including phenoxy) is 1. The Labute approximate surface area is 187 Å². The van der Waals surface area contributed by atoms with Gasteiger partial charge in [-0.15, -0.1) is 0 Å². The predicted molar refractivity (Wildman–Crippen MR) is 129 cm³/mol. The highest BCUT2D eigenvalue weighted by Crippen LogP contribution is 2.37. The first-order valence-corrected chi connectivity index (χ1v) is 10.6. The summed E-state index contributed by atoms with van der Waals surface area (Å²) >= 11 is 5.99. The number of nitrogen functional groups attached to an aromatic ring is 1. The molecule has 0 unspecified atom stereocenters. The summed E-state index contributed by atoms with van der Waals surface area (Å²) in [7, 11) is 0. The maximum absolute atomic E-state index is 14.9. The van der Waals surface area contributed by atoms with E-state index in [1.54, 1.807) is 18.2 Å². The smallest absolute Gasteiger partial charge is 0.132 e. The lowest BCUT2D eigenvalue weighted by Gasteiger charge is -2.18. The van der Waals surface area contributed by atoms with Crippen molar-refractivity contribution in [2.45, 2.75) is 33.3 Å². The van der Waals surface area contributed by atoms with E-state index in [1.807, 2.05) is 57.2 Å². The molecule has 160 valence electrons. The number of hydrogen-bond donors (Lipinski definition) is 2. The molecule has 0 radical (unpaired) electrons. The second-order valence-electron chi connectivity index (χ2n) is 7.51. The minimum Gasteiger partial charge on any atom is -0.491 e. The van der Waals surface area contributed by atoms with Gasteiger partial charge >= 0.3 is 0 Å². The molecule has 0 aromatic heterocycles. The number of benzene rings is 3. The lowest BCUT2D eigenvalue weighted by Crippen LogP contribution is -2.05. The molecule has 0 saturated heterocycles. The fourth-order valence-corrected chi connectivity index (χ4v) is 3.74. The highest BCUT2D eigenvalue weighted by Gasteiger charge is 2.17. The average molecular weight is 437 g/mol. The molecule has 3 nitrogen and oxygen atoms in total. The van der Waals surface area contributed by atoms with Gasteiger partial charge in [0.05, 0.1) is 6.10 Å². The van der Waals surface area contributed by atoms with Crippen molar-refractivity contribution in [3.05, 3.63) is 93.8 Å². The maximum Gasteiger partial charge on any atom is 0.132 e. The van der Waals surface area contributed by atoms with Gasteiger partial charge in [0.2, 0.25) is 0 Å². The van der Waals surface area contributed by atoms with Crippen LogP contribution in [0.5, 0.6) is 5.75 Å². The zero-order valence-corrected chi connectivity index (χ0v) is 18.6. The van der Waals surface area contributed by atoms with E-state index >= 15 is 0 Å². The first kappa shape index (κ1) is 22.6. The molecular weight excluding hydrogens is 411 g/mol. The van der Waals surface area contributed by atoms with E-state index in [-0.39, 0.29) is 11.9 Å². The molecule has 0 bridgehead atoms. The number of allylic oxidation sites excluding steroid dienone is 1. The highest BCUT2D eigenvalue weighted by atomic mass is 35.5. The maximum atomic E-state index is 14.9. The first-order valence-electron chi connectivity index (χ1n) is 10.2. The first-order chi connectivity index (χ1) is 14.8. The van der Waals surface area contributed by atoms with Gasteiger partial charge in [0.15, 0.2) is 0 Å². The molecule has 0 atom stereocenters. The zero-order chi connectivity index (χ0) is 22.5. The van der Waals surface area contributed by atoms with Crippen LogP contribution in [0.15, 0.2) is 60.7 Å². The molecule has 0 saturated carbocycles. The molecule has 0 aliphatic carbocycles. The number of nitrogens with two attached hydrogens (primary N) is 1. The van der Waals surface area contributed by atoms with Gasteiger partial charge in [-0.1, -0.05) is 42.8 Å². The third-order valence-electron chi connectivity index (χ3n) is 4.96. The molecule has 3 N–H and O–H groups in total. The Morgan fingerprint density at radius 3 is 2.32 bits per heavy atom. The van der Waals surface area contributed by atoms with Crippen LogP contribution in [-0.2, 0) is 0 Å². The Morgan fingerprint density at radius 2 is 1.74 bits per heavy atom. The number of halogens is 2. The Balaban J connectivity index is 2.27. The molecule has 31 heavy (non-hydrogen) atoms. The Hall–Kier alpha value is -3.11. The normalized spacial score (nSPS) is 11.9. The lowest BCUT2D eigenvalue weighted by atomic mass is 9.87. The number of hydrogen-bond acceptors (Lipinski definition) is 3. The van der Waals surface area contributed by atoms with Crippen LogP contribution in [0.25, 0.3) is 11.1 Å². The van der Waals surface area contributed by atoms with Crippen LogP contribution in [-0.4, -0.2) is 12.3 Å². The van der Waals surface area contributed by atoms with Crippen LogP contribution in [0.3, 0.4) is 0 Å². The van der Waals surface area contributed by atoms with Crippen molar-refractivity contribution in [2.24, 2.45) is 0 Å². The summed E-state index contributed by atoms with van der Waals surface area (Å²) in [5.74, 6) is 0.399. The Bertz CT molecular complexity index is 1120. The van der Waals surface area contributed by atoms with Gasteiger partial charge < -0.3 is 15.9 Å². The van der Waals surface area contributed by atoms with E-state index in [0.717, 1.165) is 28.0 Å². The summed E-state index contributed by atoms with van der Waals surface area (Å²) in [6.45, 7) is 5.95. The Morgan fingerprint density at radius 1 is 1.06 bits per heavy atom. The average Bonchev–Trinajstić information content (AvgIpc) is 2.74. The Kier molecular flexibility index (Phi) is 7.13. The van der Waals surface area contributed by atoms with Gasteiger partial charge in [-0.2, -0.15) is 0 Å². The van der Waals surface area contributed by atoms with Crippen LogP contribution >= 0.6 is 11.6 Å². The number of anilines is 1. The molecule has 3 aromatic rings. The minimum absolute atomic E-state index is 0.0717. The summed E-state index contributed by atoms with van der Waals surface area (Å²) in [5, 5.41) is 8.04. The summed E-state index contributed by atoms with van der Waals surface area (Å²) in [5.41, 5.74) is 11.1. The highest BCUT2D eigenvalue weighted by molar-refractivity contribution is 6.30. The lowest BCUT2D eigenvalue weighted by molar-refractivity contribution is 0.242. The summed E-state index contributed by atoms with van der Waals surface area (Å²) in [6, 6.07) is 18.0. The molecule has 0 aliphatic rings. The second-order valence-corrected chi connectivity index (χ2v) is 7.95. The van der Waals surface area contributed by atoms with Crippen LogP contribution in [0.2, 0.25) is 5.02 Å². The van der Waals surface area contributed by atoms with E-state index in [9.17, 15) is 4.39 Å². The van der Waals surface area contributed by atoms with Crippen molar-refractivity contribution in [3.8, 4) is 5.75 Å². The van der Waals surface area contributed by atoms with Crippen molar-refractivity contribution < 1.29 is 9.13 Å². The molecule has 0 amide bonds. The van der Waals surface area contributed by atoms with Crippen molar-refractivity contribution in [2.75, 3.05) is 5.73 Å². The minimum atomic E-state index is -0.371. The number of rotatable bonds is 7. The molecule has 0 heterocycles. The van der Waals surface area contributed by atoms with Gasteiger partial charge in [0, 0.05) is 28.1 Å².